The zero-order valence-electron chi connectivity index (χ0n) is 8.08. The van der Waals surface area contributed by atoms with Crippen LogP contribution in [-0.2, 0) is 0 Å². The number of nitrogens with one attached hydrogen (secondary N) is 1. The standard InChI is InChI=1S/C9H20N2O/c1-8(12)5-11-6-9(7-11)3-4-10-2/h8-10,12H,3-7H2,1-2H3. The van der Waals surface area contributed by atoms with Gasteiger partial charge in [-0.05, 0) is 32.9 Å². The summed E-state index contributed by atoms with van der Waals surface area (Å²) in [5.74, 6) is 0.858. The van der Waals surface area contributed by atoms with E-state index in [1.807, 2.05) is 14.0 Å². The van der Waals surface area contributed by atoms with E-state index in [0.29, 0.717) is 0 Å². The molecule has 1 aliphatic rings. The number of β-amino-alcohol motifs (C(OH)–C–C–N with tert-alkyl or cyclic N) is 1. The van der Waals surface area contributed by atoms with Crippen LogP contribution in [0.1, 0.15) is 13.3 Å². The van der Waals surface area contributed by atoms with E-state index in [9.17, 15) is 0 Å². The van der Waals surface area contributed by atoms with Crippen molar-refractivity contribution in [3.63, 3.8) is 0 Å². The molecule has 1 fully saturated rings. The normalized spacial score (nSPS) is 22.2. The van der Waals surface area contributed by atoms with Gasteiger partial charge in [0.05, 0.1) is 6.10 Å². The molecule has 1 atom stereocenters. The molecule has 12 heavy (non-hydrogen) atoms. The molecule has 2 N–H and O–H groups in total. The number of likely N-dealkylation sites (tertiary alicyclic amines) is 1. The highest BCUT2D eigenvalue weighted by molar-refractivity contribution is 4.80. The molecule has 0 aromatic rings. The maximum Gasteiger partial charge on any atom is 0.0639 e. The van der Waals surface area contributed by atoms with Crippen LogP contribution in [0.3, 0.4) is 0 Å². The lowest BCUT2D eigenvalue weighted by Crippen LogP contribution is -2.49. The molecule has 0 radical (unpaired) electrons. The molecule has 1 heterocycles. The highest BCUT2D eigenvalue weighted by Gasteiger charge is 2.26. The molecule has 0 aliphatic carbocycles. The molecule has 0 spiro atoms. The molecule has 0 aromatic heterocycles. The van der Waals surface area contributed by atoms with Gasteiger partial charge in [0.25, 0.3) is 0 Å². The molecule has 3 nitrogen and oxygen atoms in total. The Balaban J connectivity index is 1.96. The monoisotopic (exact) mass is 172 g/mol. The number of hydrogen-bond acceptors (Lipinski definition) is 3. The predicted octanol–water partition coefficient (Wildman–Crippen LogP) is -0.0915. The summed E-state index contributed by atoms with van der Waals surface area (Å²) in [6.45, 7) is 6.16. The second-order valence-corrected chi connectivity index (χ2v) is 3.83. The Kier molecular flexibility index (Phi) is 3.98. The van der Waals surface area contributed by atoms with Crippen LogP contribution in [-0.4, -0.2) is 49.3 Å². The molecular formula is C9H20N2O. The van der Waals surface area contributed by atoms with Crippen molar-refractivity contribution in [3.8, 4) is 0 Å². The van der Waals surface area contributed by atoms with Gasteiger partial charge in [-0.15, -0.1) is 0 Å². The Morgan fingerprint density at radius 3 is 2.75 bits per heavy atom. The maximum absolute atomic E-state index is 9.10. The minimum Gasteiger partial charge on any atom is -0.392 e. The summed E-state index contributed by atoms with van der Waals surface area (Å²) >= 11 is 0. The Morgan fingerprint density at radius 2 is 2.25 bits per heavy atom. The van der Waals surface area contributed by atoms with Gasteiger partial charge in [0.1, 0.15) is 0 Å². The van der Waals surface area contributed by atoms with Crippen molar-refractivity contribution in [2.45, 2.75) is 19.4 Å². The molecule has 3 heteroatoms. The highest BCUT2D eigenvalue weighted by Crippen LogP contribution is 2.18. The first-order valence-corrected chi connectivity index (χ1v) is 4.77. The Hall–Kier alpha value is -0.120. The molecule has 0 bridgehead atoms. The van der Waals surface area contributed by atoms with Gasteiger partial charge in [0, 0.05) is 19.6 Å². The first-order valence-electron chi connectivity index (χ1n) is 4.77. The van der Waals surface area contributed by atoms with Gasteiger partial charge in [0.2, 0.25) is 0 Å². The minimum atomic E-state index is -0.171. The van der Waals surface area contributed by atoms with Gasteiger partial charge < -0.3 is 15.3 Å². The maximum atomic E-state index is 9.10. The van der Waals surface area contributed by atoms with Gasteiger partial charge in [-0.2, -0.15) is 0 Å². The van der Waals surface area contributed by atoms with Crippen molar-refractivity contribution in [2.24, 2.45) is 5.92 Å². The number of rotatable bonds is 5. The van der Waals surface area contributed by atoms with Crippen molar-refractivity contribution >= 4 is 0 Å². The lowest BCUT2D eigenvalue weighted by molar-refractivity contribution is 0.0443. The number of aliphatic hydroxyl groups is 1. The average Bonchev–Trinajstić information content (AvgIpc) is 1.93. The molecule has 1 unspecified atom stereocenters. The average molecular weight is 172 g/mol. The van der Waals surface area contributed by atoms with Crippen molar-refractivity contribution in [1.29, 1.82) is 0 Å². The second kappa shape index (κ2) is 4.80. The van der Waals surface area contributed by atoms with Crippen molar-refractivity contribution in [2.75, 3.05) is 33.2 Å². The summed E-state index contributed by atoms with van der Waals surface area (Å²) < 4.78 is 0. The van der Waals surface area contributed by atoms with E-state index in [2.05, 4.69) is 10.2 Å². The smallest absolute Gasteiger partial charge is 0.0639 e. The first-order chi connectivity index (χ1) is 5.72. The van der Waals surface area contributed by atoms with Crippen LogP contribution >= 0.6 is 0 Å². The fourth-order valence-corrected chi connectivity index (χ4v) is 1.73. The lowest BCUT2D eigenvalue weighted by Gasteiger charge is -2.40. The lowest BCUT2D eigenvalue weighted by atomic mass is 9.96. The highest BCUT2D eigenvalue weighted by atomic mass is 16.3. The number of hydrogen-bond donors (Lipinski definition) is 2. The third kappa shape index (κ3) is 3.09. The molecule has 1 rings (SSSR count). The van der Waals surface area contributed by atoms with Crippen molar-refractivity contribution in [3.05, 3.63) is 0 Å². The zero-order chi connectivity index (χ0) is 8.97. The van der Waals surface area contributed by atoms with E-state index in [1.54, 1.807) is 0 Å². The minimum absolute atomic E-state index is 0.171. The topological polar surface area (TPSA) is 35.5 Å². The Labute approximate surface area is 74.8 Å². The van der Waals surface area contributed by atoms with E-state index < -0.39 is 0 Å². The Morgan fingerprint density at radius 1 is 1.58 bits per heavy atom. The summed E-state index contributed by atoms with van der Waals surface area (Å²) in [4.78, 5) is 2.31. The molecule has 0 saturated carbocycles. The summed E-state index contributed by atoms with van der Waals surface area (Å²) in [6.07, 6.45) is 1.10. The molecule has 1 saturated heterocycles. The third-order valence-corrected chi connectivity index (χ3v) is 2.36. The fourth-order valence-electron chi connectivity index (χ4n) is 1.73. The van der Waals surface area contributed by atoms with Crippen LogP contribution in [0.5, 0.6) is 0 Å². The largest absolute Gasteiger partial charge is 0.392 e. The van der Waals surface area contributed by atoms with E-state index in [-0.39, 0.29) is 6.10 Å². The summed E-state index contributed by atoms with van der Waals surface area (Å²) in [5.41, 5.74) is 0. The second-order valence-electron chi connectivity index (χ2n) is 3.83. The molecule has 0 amide bonds. The molecule has 72 valence electrons. The predicted molar refractivity (Wildman–Crippen MR) is 50.2 cm³/mol. The van der Waals surface area contributed by atoms with Gasteiger partial charge >= 0.3 is 0 Å². The summed E-state index contributed by atoms with van der Waals surface area (Å²) in [7, 11) is 1.99. The van der Waals surface area contributed by atoms with Crippen LogP contribution in [0, 0.1) is 5.92 Å². The van der Waals surface area contributed by atoms with Gasteiger partial charge in [-0.25, -0.2) is 0 Å². The van der Waals surface area contributed by atoms with Crippen LogP contribution in [0.15, 0.2) is 0 Å². The van der Waals surface area contributed by atoms with Crippen molar-refractivity contribution < 1.29 is 5.11 Å². The van der Waals surface area contributed by atoms with E-state index in [0.717, 1.165) is 19.0 Å². The van der Waals surface area contributed by atoms with E-state index in [4.69, 9.17) is 5.11 Å². The van der Waals surface area contributed by atoms with Crippen LogP contribution in [0.25, 0.3) is 0 Å². The van der Waals surface area contributed by atoms with Gasteiger partial charge in [0.15, 0.2) is 0 Å². The van der Waals surface area contributed by atoms with Crippen molar-refractivity contribution in [1.82, 2.24) is 10.2 Å². The fraction of sp³-hybridized carbons (Fsp3) is 1.00. The van der Waals surface area contributed by atoms with Gasteiger partial charge in [-0.1, -0.05) is 0 Å². The van der Waals surface area contributed by atoms with Gasteiger partial charge in [-0.3, -0.25) is 0 Å². The van der Waals surface area contributed by atoms with E-state index in [1.165, 1.54) is 19.5 Å². The van der Waals surface area contributed by atoms with Crippen LogP contribution in [0.4, 0.5) is 0 Å². The number of aliphatic hydroxyl groups excluding tert-OH is 1. The molecular weight excluding hydrogens is 152 g/mol. The summed E-state index contributed by atoms with van der Waals surface area (Å²) in [6, 6.07) is 0. The third-order valence-electron chi connectivity index (χ3n) is 2.36. The van der Waals surface area contributed by atoms with E-state index >= 15 is 0 Å². The summed E-state index contributed by atoms with van der Waals surface area (Å²) in [5, 5.41) is 12.3. The zero-order valence-corrected chi connectivity index (χ0v) is 8.08. The van der Waals surface area contributed by atoms with Crippen LogP contribution < -0.4 is 5.32 Å². The SMILES string of the molecule is CNCCC1CN(CC(C)O)C1. The quantitative estimate of drug-likeness (QED) is 0.608. The Bertz CT molecular complexity index is 122. The number of nitrogens with zero attached hydrogens (tertiary/aromatic N) is 1. The first kappa shape index (κ1) is 9.96. The van der Waals surface area contributed by atoms with Crippen LogP contribution in [0.2, 0.25) is 0 Å². The molecule has 1 aliphatic heterocycles. The molecule has 0 aromatic carbocycles.